The number of sulfone groups is 1. The SMILES string of the molecule is CC(=O)O.Cc1nsnc1C(=O)N1C[C@H]2[C@H](N(C)C)CS(=O)(=O)[C@H]2C1. The maximum Gasteiger partial charge on any atom is 0.300 e. The number of likely N-dealkylation sites (tertiary alicyclic amines) is 1. The van der Waals surface area contributed by atoms with Crippen LogP contribution in [0.4, 0.5) is 0 Å². The molecule has 0 bridgehead atoms. The van der Waals surface area contributed by atoms with Crippen molar-refractivity contribution in [3.05, 3.63) is 11.4 Å². The van der Waals surface area contributed by atoms with Crippen LogP contribution in [-0.4, -0.2) is 88.2 Å². The van der Waals surface area contributed by atoms with E-state index >= 15 is 0 Å². The number of carboxylic acids is 1. The summed E-state index contributed by atoms with van der Waals surface area (Å²) in [4.78, 5) is 25.0. The van der Waals surface area contributed by atoms with E-state index in [1.165, 1.54) is 0 Å². The highest BCUT2D eigenvalue weighted by Gasteiger charge is 2.53. The minimum absolute atomic E-state index is 0.0131. The van der Waals surface area contributed by atoms with E-state index in [0.29, 0.717) is 17.9 Å². The van der Waals surface area contributed by atoms with Gasteiger partial charge in [-0.1, -0.05) is 0 Å². The Hall–Kier alpha value is -1.59. The Morgan fingerprint density at radius 3 is 2.36 bits per heavy atom. The van der Waals surface area contributed by atoms with Crippen LogP contribution in [0.5, 0.6) is 0 Å². The lowest BCUT2D eigenvalue weighted by Crippen LogP contribution is -2.38. The summed E-state index contributed by atoms with van der Waals surface area (Å²) in [6.07, 6.45) is 0. The summed E-state index contributed by atoms with van der Waals surface area (Å²) in [6.45, 7) is 3.57. The van der Waals surface area contributed by atoms with Crippen LogP contribution >= 0.6 is 11.7 Å². The first-order valence-electron chi connectivity index (χ1n) is 7.70. The van der Waals surface area contributed by atoms with E-state index in [-0.39, 0.29) is 30.2 Å². The van der Waals surface area contributed by atoms with Gasteiger partial charge < -0.3 is 14.9 Å². The van der Waals surface area contributed by atoms with Gasteiger partial charge in [0.15, 0.2) is 15.5 Å². The summed E-state index contributed by atoms with van der Waals surface area (Å²) in [7, 11) is 0.648. The molecule has 3 heterocycles. The fourth-order valence-corrected chi connectivity index (χ4v) is 6.32. The molecule has 2 aliphatic heterocycles. The van der Waals surface area contributed by atoms with Crippen molar-refractivity contribution in [3.8, 4) is 0 Å². The molecule has 25 heavy (non-hydrogen) atoms. The first-order valence-corrected chi connectivity index (χ1v) is 10.1. The first kappa shape index (κ1) is 19.7. The topological polar surface area (TPSA) is 121 Å². The van der Waals surface area contributed by atoms with Crippen molar-refractivity contribution < 1.29 is 23.1 Å². The third-order valence-corrected chi connectivity index (χ3v) is 7.32. The number of aliphatic carboxylic acids is 1. The number of carbonyl (C=O) groups is 2. The van der Waals surface area contributed by atoms with Crippen molar-refractivity contribution in [2.75, 3.05) is 32.9 Å². The molecule has 2 saturated heterocycles. The monoisotopic (exact) mass is 390 g/mol. The van der Waals surface area contributed by atoms with Gasteiger partial charge in [0.25, 0.3) is 11.9 Å². The molecular formula is C14H22N4O5S2. The van der Waals surface area contributed by atoms with Gasteiger partial charge in [-0.25, -0.2) is 8.42 Å². The van der Waals surface area contributed by atoms with Crippen LogP contribution in [0.15, 0.2) is 0 Å². The molecule has 1 aromatic heterocycles. The minimum atomic E-state index is -3.13. The molecule has 140 valence electrons. The molecule has 0 saturated carbocycles. The zero-order valence-corrected chi connectivity index (χ0v) is 16.2. The van der Waals surface area contributed by atoms with E-state index in [4.69, 9.17) is 9.90 Å². The number of aryl methyl sites for hydroxylation is 1. The van der Waals surface area contributed by atoms with Crippen molar-refractivity contribution in [1.29, 1.82) is 0 Å². The van der Waals surface area contributed by atoms with Gasteiger partial charge in [-0.05, 0) is 21.0 Å². The molecule has 0 radical (unpaired) electrons. The average Bonchev–Trinajstić information content (AvgIpc) is 3.14. The predicted molar refractivity (Wildman–Crippen MR) is 92.4 cm³/mol. The molecule has 1 aromatic rings. The van der Waals surface area contributed by atoms with Crippen molar-refractivity contribution in [2.24, 2.45) is 5.92 Å². The smallest absolute Gasteiger partial charge is 0.300 e. The number of nitrogens with zero attached hydrogens (tertiary/aromatic N) is 4. The van der Waals surface area contributed by atoms with Crippen molar-refractivity contribution in [3.63, 3.8) is 0 Å². The van der Waals surface area contributed by atoms with Crippen molar-refractivity contribution in [1.82, 2.24) is 18.5 Å². The normalized spacial score (nSPS) is 26.9. The number of aromatic nitrogens is 2. The molecule has 1 N–H and O–H groups in total. The van der Waals surface area contributed by atoms with E-state index in [1.54, 1.807) is 11.8 Å². The van der Waals surface area contributed by atoms with E-state index < -0.39 is 21.1 Å². The van der Waals surface area contributed by atoms with Crippen molar-refractivity contribution in [2.45, 2.75) is 25.1 Å². The van der Waals surface area contributed by atoms with Gasteiger partial charge >= 0.3 is 0 Å². The number of hydrogen-bond donors (Lipinski definition) is 1. The second-order valence-corrected chi connectivity index (χ2v) is 9.28. The zero-order chi connectivity index (χ0) is 18.9. The fraction of sp³-hybridized carbons (Fsp3) is 0.714. The van der Waals surface area contributed by atoms with E-state index in [1.807, 2.05) is 19.0 Å². The van der Waals surface area contributed by atoms with E-state index in [0.717, 1.165) is 18.7 Å². The molecule has 0 unspecified atom stereocenters. The quantitative estimate of drug-likeness (QED) is 0.733. The highest BCUT2D eigenvalue weighted by Crippen LogP contribution is 2.36. The third kappa shape index (κ3) is 4.15. The second-order valence-electron chi connectivity index (χ2n) is 6.49. The molecule has 1 amide bonds. The van der Waals surface area contributed by atoms with Crippen LogP contribution < -0.4 is 0 Å². The summed E-state index contributed by atoms with van der Waals surface area (Å²) >= 11 is 1.01. The summed E-state index contributed by atoms with van der Waals surface area (Å²) < 4.78 is 32.6. The third-order valence-electron chi connectivity index (χ3n) is 4.47. The molecule has 2 aliphatic rings. The lowest BCUT2D eigenvalue weighted by atomic mass is 10.00. The molecule has 11 heteroatoms. The van der Waals surface area contributed by atoms with Crippen LogP contribution in [0.25, 0.3) is 0 Å². The van der Waals surface area contributed by atoms with Crippen LogP contribution in [0.2, 0.25) is 0 Å². The van der Waals surface area contributed by atoms with Crippen LogP contribution in [-0.2, 0) is 14.6 Å². The standard InChI is InChI=1S/C12H18N4O3S2.C2H4O2/c1-7-11(14-20-13-7)12(17)16-4-8-9(15(2)3)6-21(18,19)10(8)5-16;1-2(3)4/h8-10H,4-6H2,1-3H3;1H3,(H,3,4)/t8-,9+,10-;/m0./s1. The van der Waals surface area contributed by atoms with Gasteiger partial charge in [0, 0.05) is 32.0 Å². The predicted octanol–water partition coefficient (Wildman–Crippen LogP) is -0.263. The molecule has 0 aliphatic carbocycles. The van der Waals surface area contributed by atoms with Crippen LogP contribution in [0, 0.1) is 12.8 Å². The lowest BCUT2D eigenvalue weighted by Gasteiger charge is -2.24. The van der Waals surface area contributed by atoms with E-state index in [9.17, 15) is 13.2 Å². The maximum atomic E-state index is 12.5. The van der Waals surface area contributed by atoms with E-state index in [2.05, 4.69) is 8.75 Å². The molecule has 3 rings (SSSR count). The molecule has 0 aromatic carbocycles. The molecule has 3 atom stereocenters. The highest BCUT2D eigenvalue weighted by atomic mass is 32.2. The molecule has 2 fully saturated rings. The van der Waals surface area contributed by atoms with Gasteiger partial charge in [-0.15, -0.1) is 0 Å². The maximum absolute atomic E-state index is 12.5. The second kappa shape index (κ2) is 7.34. The average molecular weight is 390 g/mol. The minimum Gasteiger partial charge on any atom is -0.481 e. The van der Waals surface area contributed by atoms with Gasteiger partial charge in [-0.2, -0.15) is 8.75 Å². The van der Waals surface area contributed by atoms with Gasteiger partial charge in [0.2, 0.25) is 0 Å². The molecular weight excluding hydrogens is 368 g/mol. The number of rotatable bonds is 2. The first-order chi connectivity index (χ1) is 11.5. The summed E-state index contributed by atoms with van der Waals surface area (Å²) in [5.74, 6) is -0.863. The Bertz CT molecular complexity index is 757. The number of hydrogen-bond acceptors (Lipinski definition) is 8. The lowest BCUT2D eigenvalue weighted by molar-refractivity contribution is -0.134. The summed E-state index contributed by atoms with van der Waals surface area (Å²) in [6, 6.07) is -0.0209. The van der Waals surface area contributed by atoms with Crippen molar-refractivity contribution >= 4 is 33.4 Å². The summed E-state index contributed by atoms with van der Waals surface area (Å²) in [5, 5.41) is 6.97. The Morgan fingerprint density at radius 1 is 1.28 bits per heavy atom. The van der Waals surface area contributed by atoms with Gasteiger partial charge in [0.05, 0.1) is 28.4 Å². The summed E-state index contributed by atoms with van der Waals surface area (Å²) in [5.41, 5.74) is 0.952. The number of carbonyl (C=O) groups excluding carboxylic acids is 1. The Kier molecular flexibility index (Phi) is 5.79. The van der Waals surface area contributed by atoms with Crippen LogP contribution in [0.3, 0.4) is 0 Å². The number of fused-ring (bicyclic) bond motifs is 1. The number of carboxylic acid groups (broad SMARTS) is 1. The number of amides is 1. The Balaban J connectivity index is 0.000000511. The van der Waals surface area contributed by atoms with Gasteiger partial charge in [0.1, 0.15) is 0 Å². The molecule has 9 nitrogen and oxygen atoms in total. The zero-order valence-electron chi connectivity index (χ0n) is 14.5. The highest BCUT2D eigenvalue weighted by molar-refractivity contribution is 7.92. The van der Waals surface area contributed by atoms with Gasteiger partial charge in [-0.3, -0.25) is 9.59 Å². The largest absolute Gasteiger partial charge is 0.481 e. The Labute approximate surface area is 150 Å². The van der Waals surface area contributed by atoms with Crippen LogP contribution in [0.1, 0.15) is 23.1 Å². The Morgan fingerprint density at radius 2 is 1.88 bits per heavy atom. The molecule has 0 spiro atoms. The fourth-order valence-electron chi connectivity index (χ4n) is 3.31.